The summed E-state index contributed by atoms with van der Waals surface area (Å²) in [4.78, 5) is 31.8. The minimum Gasteiger partial charge on any atom is -0.496 e. The topological polar surface area (TPSA) is 74.4 Å². The first kappa shape index (κ1) is 21.1. The summed E-state index contributed by atoms with van der Waals surface area (Å²) in [5.41, 5.74) is 1.86. The molecule has 2 amide bonds. The van der Waals surface area contributed by atoms with Crippen LogP contribution in [0, 0.1) is 0 Å². The average Bonchev–Trinajstić information content (AvgIpc) is 2.72. The molecule has 1 aromatic carbocycles. The molecule has 0 saturated carbocycles. The van der Waals surface area contributed by atoms with E-state index in [1.54, 1.807) is 21.1 Å². The largest absolute Gasteiger partial charge is 0.496 e. The number of carbonyl (C=O) groups excluding carboxylic acids is 2. The zero-order chi connectivity index (χ0) is 21.0. The van der Waals surface area contributed by atoms with E-state index in [1.165, 1.54) is 4.90 Å². The summed E-state index contributed by atoms with van der Waals surface area (Å²) in [7, 11) is 5.37. The standard InChI is InChI=1S/C21H30N4O4/c1-5-29-20(26)18-16(14-25-12-10-23(2)11-13-25)24(3)21(27)22-19(18)15-8-6-7-9-17(15)28-4/h6-9,19H,5,10-14H2,1-4H3,(H,22,27). The minimum atomic E-state index is -0.628. The van der Waals surface area contributed by atoms with E-state index in [0.29, 0.717) is 23.6 Å². The molecule has 1 fully saturated rings. The maximum atomic E-state index is 13.0. The lowest BCUT2D eigenvalue weighted by Gasteiger charge is -2.39. The number of ether oxygens (including phenoxy) is 2. The van der Waals surface area contributed by atoms with E-state index in [1.807, 2.05) is 24.3 Å². The molecule has 2 aliphatic rings. The maximum absolute atomic E-state index is 13.0. The summed E-state index contributed by atoms with van der Waals surface area (Å²) in [6.45, 7) is 6.22. The summed E-state index contributed by atoms with van der Waals surface area (Å²) in [5.74, 6) is 0.197. The molecule has 158 valence electrons. The van der Waals surface area contributed by atoms with Crippen molar-refractivity contribution in [3.8, 4) is 5.75 Å². The van der Waals surface area contributed by atoms with E-state index in [2.05, 4.69) is 22.2 Å². The van der Waals surface area contributed by atoms with Gasteiger partial charge in [-0.15, -0.1) is 0 Å². The molecule has 2 aliphatic heterocycles. The molecule has 1 atom stereocenters. The Labute approximate surface area is 172 Å². The Morgan fingerprint density at radius 2 is 1.86 bits per heavy atom. The van der Waals surface area contributed by atoms with Crippen molar-refractivity contribution in [1.82, 2.24) is 20.0 Å². The molecule has 1 N–H and O–H groups in total. The molecule has 0 aliphatic carbocycles. The number of hydrogen-bond donors (Lipinski definition) is 1. The number of para-hydroxylation sites is 1. The van der Waals surface area contributed by atoms with Gasteiger partial charge in [0.1, 0.15) is 5.75 Å². The van der Waals surface area contributed by atoms with Crippen molar-refractivity contribution in [2.45, 2.75) is 13.0 Å². The van der Waals surface area contributed by atoms with Crippen molar-refractivity contribution in [3.63, 3.8) is 0 Å². The lowest BCUT2D eigenvalue weighted by molar-refractivity contribution is -0.139. The zero-order valence-corrected chi connectivity index (χ0v) is 17.6. The quantitative estimate of drug-likeness (QED) is 0.726. The number of nitrogens with one attached hydrogen (secondary N) is 1. The second-order valence-corrected chi connectivity index (χ2v) is 7.34. The number of hydrogen-bond acceptors (Lipinski definition) is 6. The number of likely N-dealkylation sites (N-methyl/N-ethyl adjacent to an activating group) is 2. The fourth-order valence-electron chi connectivity index (χ4n) is 3.75. The lowest BCUT2D eigenvalue weighted by atomic mass is 9.93. The van der Waals surface area contributed by atoms with Gasteiger partial charge in [-0.05, 0) is 20.0 Å². The number of methoxy groups -OCH3 is 1. The second-order valence-electron chi connectivity index (χ2n) is 7.34. The van der Waals surface area contributed by atoms with E-state index < -0.39 is 12.0 Å². The number of amides is 2. The fraction of sp³-hybridized carbons (Fsp3) is 0.524. The van der Waals surface area contributed by atoms with Crippen molar-refractivity contribution in [3.05, 3.63) is 41.1 Å². The molecule has 8 heteroatoms. The van der Waals surface area contributed by atoms with Crippen molar-refractivity contribution in [2.24, 2.45) is 0 Å². The van der Waals surface area contributed by atoms with Gasteiger partial charge in [-0.25, -0.2) is 9.59 Å². The smallest absolute Gasteiger partial charge is 0.338 e. The van der Waals surface area contributed by atoms with Crippen LogP contribution in [-0.2, 0) is 9.53 Å². The number of carbonyl (C=O) groups is 2. The lowest BCUT2D eigenvalue weighted by Crippen LogP contribution is -2.51. The van der Waals surface area contributed by atoms with E-state index in [4.69, 9.17) is 9.47 Å². The van der Waals surface area contributed by atoms with Gasteiger partial charge in [0.2, 0.25) is 0 Å². The Morgan fingerprint density at radius 1 is 1.17 bits per heavy atom. The van der Waals surface area contributed by atoms with E-state index in [9.17, 15) is 9.59 Å². The van der Waals surface area contributed by atoms with Crippen molar-refractivity contribution < 1.29 is 19.1 Å². The first-order valence-corrected chi connectivity index (χ1v) is 9.94. The van der Waals surface area contributed by atoms with Crippen LogP contribution >= 0.6 is 0 Å². The molecule has 0 aromatic heterocycles. The summed E-state index contributed by atoms with van der Waals surface area (Å²) >= 11 is 0. The average molecular weight is 402 g/mol. The SMILES string of the molecule is CCOC(=O)C1=C(CN2CCN(C)CC2)N(C)C(=O)NC1c1ccccc1OC. The second kappa shape index (κ2) is 9.28. The predicted molar refractivity (Wildman–Crippen MR) is 110 cm³/mol. The normalized spacial score (nSPS) is 21.2. The van der Waals surface area contributed by atoms with Crippen LogP contribution in [0.15, 0.2) is 35.5 Å². The van der Waals surface area contributed by atoms with Crippen LogP contribution in [-0.4, -0.2) is 87.2 Å². The molecule has 0 radical (unpaired) electrons. The molecule has 0 spiro atoms. The first-order valence-electron chi connectivity index (χ1n) is 9.94. The van der Waals surface area contributed by atoms with Gasteiger partial charge in [-0.1, -0.05) is 18.2 Å². The number of nitrogens with zero attached hydrogens (tertiary/aromatic N) is 3. The highest BCUT2D eigenvalue weighted by Gasteiger charge is 2.38. The molecule has 1 aromatic rings. The Balaban J connectivity index is 2.05. The number of benzene rings is 1. The van der Waals surface area contributed by atoms with Gasteiger partial charge in [-0.3, -0.25) is 9.80 Å². The molecule has 29 heavy (non-hydrogen) atoms. The van der Waals surface area contributed by atoms with Crippen LogP contribution in [0.5, 0.6) is 5.75 Å². The Hall–Kier alpha value is -2.58. The molecule has 1 saturated heterocycles. The molecule has 3 rings (SSSR count). The van der Waals surface area contributed by atoms with Gasteiger partial charge in [0.25, 0.3) is 0 Å². The Kier molecular flexibility index (Phi) is 6.76. The van der Waals surface area contributed by atoms with Gasteiger partial charge in [-0.2, -0.15) is 0 Å². The zero-order valence-electron chi connectivity index (χ0n) is 17.6. The predicted octanol–water partition coefficient (Wildman–Crippen LogP) is 1.46. The van der Waals surface area contributed by atoms with Crippen LogP contribution in [0.2, 0.25) is 0 Å². The van der Waals surface area contributed by atoms with Crippen LogP contribution in [0.4, 0.5) is 4.79 Å². The van der Waals surface area contributed by atoms with Crippen LogP contribution < -0.4 is 10.1 Å². The highest BCUT2D eigenvalue weighted by molar-refractivity contribution is 5.95. The summed E-state index contributed by atoms with van der Waals surface area (Å²) < 4.78 is 10.9. The molecular formula is C21H30N4O4. The van der Waals surface area contributed by atoms with E-state index in [0.717, 1.165) is 31.7 Å². The number of rotatable bonds is 6. The van der Waals surface area contributed by atoms with Crippen LogP contribution in [0.1, 0.15) is 18.5 Å². The van der Waals surface area contributed by atoms with Crippen molar-refractivity contribution in [1.29, 1.82) is 0 Å². The number of esters is 1. The summed E-state index contributed by atoms with van der Waals surface area (Å²) in [6.07, 6.45) is 0. The van der Waals surface area contributed by atoms with Crippen molar-refractivity contribution >= 4 is 12.0 Å². The fourth-order valence-corrected chi connectivity index (χ4v) is 3.75. The van der Waals surface area contributed by atoms with Gasteiger partial charge >= 0.3 is 12.0 Å². The third kappa shape index (κ3) is 4.54. The summed E-state index contributed by atoms with van der Waals surface area (Å²) in [5, 5.41) is 2.94. The first-order chi connectivity index (χ1) is 14.0. The Bertz CT molecular complexity index is 787. The van der Waals surface area contributed by atoms with Crippen LogP contribution in [0.25, 0.3) is 0 Å². The molecule has 2 heterocycles. The maximum Gasteiger partial charge on any atom is 0.338 e. The van der Waals surface area contributed by atoms with Gasteiger partial charge in [0.05, 0.1) is 25.3 Å². The Morgan fingerprint density at radius 3 is 2.52 bits per heavy atom. The molecule has 0 bridgehead atoms. The molecular weight excluding hydrogens is 372 g/mol. The van der Waals surface area contributed by atoms with Gasteiger partial charge < -0.3 is 19.7 Å². The van der Waals surface area contributed by atoms with Crippen LogP contribution in [0.3, 0.4) is 0 Å². The molecule has 8 nitrogen and oxygen atoms in total. The highest BCUT2D eigenvalue weighted by atomic mass is 16.5. The van der Waals surface area contributed by atoms with E-state index >= 15 is 0 Å². The monoisotopic (exact) mass is 402 g/mol. The van der Waals surface area contributed by atoms with Gasteiger partial charge in [0.15, 0.2) is 0 Å². The highest BCUT2D eigenvalue weighted by Crippen LogP contribution is 2.35. The minimum absolute atomic E-state index is 0.252. The number of urea groups is 1. The third-order valence-corrected chi connectivity index (χ3v) is 5.49. The van der Waals surface area contributed by atoms with E-state index in [-0.39, 0.29) is 12.6 Å². The summed E-state index contributed by atoms with van der Waals surface area (Å²) in [6, 6.07) is 6.53. The van der Waals surface area contributed by atoms with Crippen molar-refractivity contribution in [2.75, 3.05) is 60.5 Å². The van der Waals surface area contributed by atoms with Gasteiger partial charge in [0, 0.05) is 51.0 Å². The number of piperazine rings is 1. The third-order valence-electron chi connectivity index (χ3n) is 5.49. The molecule has 1 unspecified atom stereocenters.